The third kappa shape index (κ3) is 3.21. The molecule has 0 radical (unpaired) electrons. The SMILES string of the molecule is O=C1C(C2=N[SH+](=O)C3=C(CCCC3)N2)=C(O)C2CCCCCCC1C2. The van der Waals surface area contributed by atoms with Crippen LogP contribution in [0, 0.1) is 11.8 Å². The minimum atomic E-state index is -1.83. The molecule has 3 atom stereocenters. The molecule has 4 rings (SSSR count). The van der Waals surface area contributed by atoms with Gasteiger partial charge >= 0.3 is 0 Å². The first kappa shape index (κ1) is 17.0. The Hall–Kier alpha value is -1.43. The predicted molar refractivity (Wildman–Crippen MR) is 99.5 cm³/mol. The number of thiol groups is 1. The molecular formula is C19H27N2O3S+. The van der Waals surface area contributed by atoms with E-state index in [-0.39, 0.29) is 23.4 Å². The van der Waals surface area contributed by atoms with Crippen LogP contribution in [0.15, 0.2) is 26.3 Å². The van der Waals surface area contributed by atoms with Crippen molar-refractivity contribution in [3.05, 3.63) is 21.9 Å². The minimum Gasteiger partial charge on any atom is -0.511 e. The van der Waals surface area contributed by atoms with Crippen LogP contribution in [0.4, 0.5) is 0 Å². The Balaban J connectivity index is 1.69. The number of hydrogen-bond donors (Lipinski definition) is 2. The van der Waals surface area contributed by atoms with E-state index in [1.165, 1.54) is 6.42 Å². The summed E-state index contributed by atoms with van der Waals surface area (Å²) in [5.41, 5.74) is 1.29. The fourth-order valence-electron chi connectivity index (χ4n) is 4.64. The number of aliphatic hydroxyl groups excluding tert-OH is 1. The zero-order chi connectivity index (χ0) is 17.4. The molecule has 0 aromatic heterocycles. The number of ketones is 1. The van der Waals surface area contributed by atoms with E-state index in [9.17, 15) is 14.1 Å². The van der Waals surface area contributed by atoms with Crippen LogP contribution in [0.2, 0.25) is 0 Å². The van der Waals surface area contributed by atoms with E-state index in [4.69, 9.17) is 0 Å². The first-order chi connectivity index (χ1) is 12.1. The van der Waals surface area contributed by atoms with Gasteiger partial charge in [-0.1, -0.05) is 29.9 Å². The fourth-order valence-corrected chi connectivity index (χ4v) is 5.84. The average Bonchev–Trinajstić information content (AvgIpc) is 2.72. The van der Waals surface area contributed by atoms with Crippen LogP contribution in [0.3, 0.4) is 0 Å². The molecule has 0 aromatic carbocycles. The molecule has 2 bridgehead atoms. The number of amidine groups is 1. The number of Topliss-reactive ketones (excluding diaryl/α,β-unsaturated/α-hetero) is 1. The number of aliphatic hydroxyl groups is 1. The van der Waals surface area contributed by atoms with Gasteiger partial charge in [-0.15, -0.1) is 0 Å². The summed E-state index contributed by atoms with van der Waals surface area (Å²) in [5, 5.41) is 14.1. The molecule has 0 aromatic rings. The van der Waals surface area contributed by atoms with Crippen molar-refractivity contribution in [2.24, 2.45) is 16.2 Å². The number of nitrogens with zero attached hydrogens (tertiary/aromatic N) is 1. The van der Waals surface area contributed by atoms with Crippen molar-refractivity contribution in [1.29, 1.82) is 0 Å². The van der Waals surface area contributed by atoms with Crippen LogP contribution in [-0.4, -0.2) is 16.7 Å². The second-order valence-corrected chi connectivity index (χ2v) is 9.01. The summed E-state index contributed by atoms with van der Waals surface area (Å²) in [6.45, 7) is 0. The lowest BCUT2D eigenvalue weighted by molar-refractivity contribution is -0.120. The maximum absolute atomic E-state index is 13.0. The van der Waals surface area contributed by atoms with Crippen LogP contribution < -0.4 is 5.32 Å². The lowest BCUT2D eigenvalue weighted by Gasteiger charge is -2.30. The second-order valence-electron chi connectivity index (χ2n) is 7.72. The number of carbonyl (C=O) groups excluding carboxylic acids is 1. The smallest absolute Gasteiger partial charge is 0.223 e. The number of hydrogen-bond acceptors (Lipinski definition) is 4. The number of carbonyl (C=O) groups is 1. The summed E-state index contributed by atoms with van der Waals surface area (Å²) in [5.74, 6) is 0.541. The predicted octanol–water partition coefficient (Wildman–Crippen LogP) is 3.76. The standard InChI is InChI=1S/C19H26N2O3S/c22-17-12-7-3-1-2-4-8-13(11-12)18(23)16(17)19-20-14-9-5-6-10-15(14)25(24)21-19/h12-13,22H,1-11H2,(H,20,21,24)/p+1. The zero-order valence-corrected chi connectivity index (χ0v) is 15.5. The molecule has 3 aliphatic carbocycles. The third-order valence-electron chi connectivity index (χ3n) is 6.05. The number of fused-ring (bicyclic) bond motifs is 2. The Morgan fingerprint density at radius 3 is 2.52 bits per heavy atom. The van der Waals surface area contributed by atoms with Crippen molar-refractivity contribution in [2.45, 2.75) is 70.6 Å². The number of nitrogens with one attached hydrogen (secondary N) is 1. The van der Waals surface area contributed by atoms with Crippen molar-refractivity contribution >= 4 is 22.6 Å². The van der Waals surface area contributed by atoms with Crippen molar-refractivity contribution in [3.8, 4) is 0 Å². The first-order valence-electron chi connectivity index (χ1n) is 9.67. The molecule has 25 heavy (non-hydrogen) atoms. The second kappa shape index (κ2) is 7.06. The van der Waals surface area contributed by atoms with Gasteiger partial charge in [-0.3, -0.25) is 4.79 Å². The third-order valence-corrected chi connectivity index (χ3v) is 7.39. The highest BCUT2D eigenvalue weighted by Crippen LogP contribution is 2.39. The normalized spacial score (nSPS) is 33.7. The monoisotopic (exact) mass is 363 g/mol. The summed E-state index contributed by atoms with van der Waals surface area (Å²) < 4.78 is 16.9. The number of allylic oxidation sites excluding steroid dienone is 3. The highest BCUT2D eigenvalue weighted by atomic mass is 32.2. The fraction of sp³-hybridized carbons (Fsp3) is 0.684. The van der Waals surface area contributed by atoms with Gasteiger partial charge in [0.25, 0.3) is 0 Å². The first-order valence-corrected chi connectivity index (χ1v) is 10.9. The lowest BCUT2D eigenvalue weighted by atomic mass is 9.76. The molecule has 136 valence electrons. The molecule has 2 N–H and O–H groups in total. The molecule has 1 saturated carbocycles. The topological polar surface area (TPSA) is 78.8 Å². The van der Waals surface area contributed by atoms with Crippen LogP contribution in [-0.2, 0) is 20.0 Å². The highest BCUT2D eigenvalue weighted by Gasteiger charge is 2.41. The van der Waals surface area contributed by atoms with Crippen molar-refractivity contribution < 1.29 is 14.1 Å². The van der Waals surface area contributed by atoms with Crippen molar-refractivity contribution in [3.63, 3.8) is 0 Å². The Bertz CT molecular complexity index is 707. The molecule has 3 unspecified atom stereocenters. The van der Waals surface area contributed by atoms with Crippen LogP contribution in [0.25, 0.3) is 0 Å². The molecular weight excluding hydrogens is 336 g/mol. The molecule has 4 aliphatic rings. The summed E-state index contributed by atoms with van der Waals surface area (Å²) in [6.07, 6.45) is 10.8. The van der Waals surface area contributed by atoms with Gasteiger partial charge in [-0.05, 0) is 42.9 Å². The largest absolute Gasteiger partial charge is 0.511 e. The van der Waals surface area contributed by atoms with Crippen molar-refractivity contribution in [2.75, 3.05) is 0 Å². The number of rotatable bonds is 1. The van der Waals surface area contributed by atoms with Gasteiger partial charge < -0.3 is 10.4 Å². The minimum absolute atomic E-state index is 0.00911. The molecule has 0 spiro atoms. The zero-order valence-electron chi connectivity index (χ0n) is 14.6. The van der Waals surface area contributed by atoms with Gasteiger partial charge in [0.1, 0.15) is 11.3 Å². The van der Waals surface area contributed by atoms with E-state index in [0.29, 0.717) is 11.4 Å². The van der Waals surface area contributed by atoms with Crippen molar-refractivity contribution in [1.82, 2.24) is 5.32 Å². The van der Waals surface area contributed by atoms with E-state index in [0.717, 1.165) is 74.8 Å². The summed E-state index contributed by atoms with van der Waals surface area (Å²) in [6, 6.07) is 0. The molecule has 1 heterocycles. The van der Waals surface area contributed by atoms with Gasteiger partial charge in [-0.25, -0.2) is 0 Å². The summed E-state index contributed by atoms with van der Waals surface area (Å²) >= 11 is 0. The summed E-state index contributed by atoms with van der Waals surface area (Å²) in [4.78, 5) is 13.9. The van der Waals surface area contributed by atoms with Crippen LogP contribution in [0.1, 0.15) is 70.6 Å². The average molecular weight is 364 g/mol. The Labute approximate surface area is 151 Å². The quantitative estimate of drug-likeness (QED) is 0.549. The molecule has 1 aliphatic heterocycles. The molecule has 0 saturated heterocycles. The van der Waals surface area contributed by atoms with E-state index in [1.807, 2.05) is 0 Å². The highest BCUT2D eigenvalue weighted by molar-refractivity contribution is 7.87. The van der Waals surface area contributed by atoms with Crippen LogP contribution >= 0.6 is 0 Å². The molecule has 0 amide bonds. The molecule has 1 fully saturated rings. The van der Waals surface area contributed by atoms with E-state index in [1.54, 1.807) is 0 Å². The van der Waals surface area contributed by atoms with E-state index in [2.05, 4.69) is 9.71 Å². The molecule has 6 heteroatoms. The Kier molecular flexibility index (Phi) is 4.80. The summed E-state index contributed by atoms with van der Waals surface area (Å²) in [7, 11) is -1.83. The lowest BCUT2D eigenvalue weighted by Crippen LogP contribution is -2.39. The maximum atomic E-state index is 13.0. The van der Waals surface area contributed by atoms with Gasteiger partial charge in [0, 0.05) is 18.3 Å². The van der Waals surface area contributed by atoms with E-state index >= 15 is 0 Å². The Morgan fingerprint density at radius 1 is 1.00 bits per heavy atom. The van der Waals surface area contributed by atoms with Gasteiger partial charge in [-0.2, -0.15) is 0 Å². The van der Waals surface area contributed by atoms with Gasteiger partial charge in [0.15, 0.2) is 16.5 Å². The van der Waals surface area contributed by atoms with E-state index < -0.39 is 11.0 Å². The van der Waals surface area contributed by atoms with Gasteiger partial charge in [0.05, 0.1) is 5.70 Å². The maximum Gasteiger partial charge on any atom is 0.223 e. The van der Waals surface area contributed by atoms with Crippen LogP contribution in [0.5, 0.6) is 0 Å². The molecule has 5 nitrogen and oxygen atoms in total. The van der Waals surface area contributed by atoms with Gasteiger partial charge in [0.2, 0.25) is 11.0 Å². The Morgan fingerprint density at radius 2 is 1.72 bits per heavy atom.